The molecular weight excluding hydrogens is 414 g/mol. The third kappa shape index (κ3) is 2.61. The first-order valence-corrected chi connectivity index (χ1v) is 11.6. The monoisotopic (exact) mass is 433 g/mol. The van der Waals surface area contributed by atoms with Crippen LogP contribution in [-0.4, -0.2) is 30.6 Å². The topological polar surface area (TPSA) is 55.4 Å². The summed E-state index contributed by atoms with van der Waals surface area (Å²) in [6.07, 6.45) is 1.04. The minimum atomic E-state index is -0.0190. The highest BCUT2D eigenvalue weighted by Crippen LogP contribution is 2.38. The summed E-state index contributed by atoms with van der Waals surface area (Å²) in [4.78, 5) is 16.6. The molecule has 6 nitrogen and oxygen atoms in total. The quantitative estimate of drug-likeness (QED) is 0.434. The molecule has 5 aromatic rings. The molecule has 0 bridgehead atoms. The number of fused-ring (bicyclic) bond motifs is 4. The zero-order valence-electron chi connectivity index (χ0n) is 16.4. The van der Waals surface area contributed by atoms with E-state index in [4.69, 9.17) is 0 Å². The average molecular weight is 434 g/mol. The van der Waals surface area contributed by atoms with Gasteiger partial charge in [0.1, 0.15) is 4.70 Å². The summed E-state index contributed by atoms with van der Waals surface area (Å²) in [7, 11) is 1.76. The van der Waals surface area contributed by atoms with Crippen LogP contribution in [0.3, 0.4) is 0 Å². The smallest absolute Gasteiger partial charge is 0.272 e. The van der Waals surface area contributed by atoms with Crippen molar-refractivity contribution in [2.45, 2.75) is 19.0 Å². The number of rotatable bonds is 3. The van der Waals surface area contributed by atoms with Gasteiger partial charge >= 0.3 is 0 Å². The standard InChI is InChI=1S/C22H19N5OS2/c1-25-21(28)20-16(9-12-30-20)27-18(23-24-22(25)27)13-26-10-7-17-15(8-11-29-17)19(26)14-5-3-2-4-6-14/h2-6,8-9,11-12,19H,7,10,13H2,1H3. The number of nitrogens with zero attached hydrogens (tertiary/aromatic N) is 5. The summed E-state index contributed by atoms with van der Waals surface area (Å²) in [5, 5.41) is 13.0. The van der Waals surface area contributed by atoms with Gasteiger partial charge in [-0.2, -0.15) is 0 Å². The van der Waals surface area contributed by atoms with Crippen LogP contribution in [0.25, 0.3) is 16.0 Å². The van der Waals surface area contributed by atoms with Crippen molar-refractivity contribution >= 4 is 38.7 Å². The third-order valence-corrected chi connectivity index (χ3v) is 7.81. The van der Waals surface area contributed by atoms with Crippen molar-refractivity contribution in [1.29, 1.82) is 0 Å². The lowest BCUT2D eigenvalue weighted by molar-refractivity contribution is 0.200. The zero-order chi connectivity index (χ0) is 20.2. The Bertz CT molecular complexity index is 1430. The Labute approximate surface area is 180 Å². The van der Waals surface area contributed by atoms with Gasteiger partial charge in [-0.25, -0.2) is 0 Å². The number of hydrogen-bond acceptors (Lipinski definition) is 6. The van der Waals surface area contributed by atoms with Gasteiger partial charge in [0.2, 0.25) is 5.78 Å². The van der Waals surface area contributed by atoms with Gasteiger partial charge < -0.3 is 0 Å². The van der Waals surface area contributed by atoms with E-state index in [2.05, 4.69) is 56.9 Å². The fourth-order valence-corrected chi connectivity index (χ4v) is 6.26. The van der Waals surface area contributed by atoms with Crippen molar-refractivity contribution < 1.29 is 0 Å². The van der Waals surface area contributed by atoms with Crippen LogP contribution in [0.15, 0.2) is 58.0 Å². The van der Waals surface area contributed by atoms with Gasteiger partial charge in [-0.15, -0.1) is 32.9 Å². The molecule has 1 aliphatic rings. The molecule has 0 radical (unpaired) electrons. The van der Waals surface area contributed by atoms with Gasteiger partial charge in [0, 0.05) is 18.5 Å². The van der Waals surface area contributed by atoms with Gasteiger partial charge in [0.25, 0.3) is 5.56 Å². The van der Waals surface area contributed by atoms with E-state index in [-0.39, 0.29) is 11.6 Å². The molecule has 0 spiro atoms. The Morgan fingerprint density at radius 1 is 1.07 bits per heavy atom. The summed E-state index contributed by atoms with van der Waals surface area (Å²) in [5.74, 6) is 1.45. The van der Waals surface area contributed by atoms with Gasteiger partial charge in [-0.05, 0) is 40.4 Å². The molecule has 0 N–H and O–H groups in total. The normalized spacial score (nSPS) is 17.0. The van der Waals surface area contributed by atoms with Crippen LogP contribution in [0.2, 0.25) is 0 Å². The van der Waals surface area contributed by atoms with E-state index in [1.807, 2.05) is 27.2 Å². The average Bonchev–Trinajstić information content (AvgIpc) is 3.51. The largest absolute Gasteiger partial charge is 0.284 e. The van der Waals surface area contributed by atoms with Crippen LogP contribution in [0, 0.1) is 0 Å². The van der Waals surface area contributed by atoms with E-state index in [1.54, 1.807) is 11.6 Å². The molecule has 8 heteroatoms. The maximum absolute atomic E-state index is 12.6. The van der Waals surface area contributed by atoms with Crippen LogP contribution in [0.1, 0.15) is 27.9 Å². The number of benzene rings is 1. The number of aromatic nitrogens is 4. The van der Waals surface area contributed by atoms with Crippen molar-refractivity contribution in [3.05, 3.63) is 85.4 Å². The van der Waals surface area contributed by atoms with Crippen LogP contribution < -0.4 is 5.56 Å². The number of aryl methyl sites for hydroxylation is 1. The highest BCUT2D eigenvalue weighted by Gasteiger charge is 2.31. The first kappa shape index (κ1) is 18.0. The lowest BCUT2D eigenvalue weighted by atomic mass is 9.93. The predicted octanol–water partition coefficient (Wildman–Crippen LogP) is 3.85. The molecule has 30 heavy (non-hydrogen) atoms. The molecule has 1 aromatic carbocycles. The van der Waals surface area contributed by atoms with Crippen LogP contribution in [-0.2, 0) is 20.0 Å². The Balaban J connectivity index is 1.49. The number of thiophene rings is 2. The Morgan fingerprint density at radius 3 is 2.77 bits per heavy atom. The summed E-state index contributed by atoms with van der Waals surface area (Å²) < 4.78 is 4.37. The molecular formula is C22H19N5OS2. The van der Waals surface area contributed by atoms with E-state index < -0.39 is 0 Å². The molecule has 1 atom stereocenters. The third-order valence-electron chi connectivity index (χ3n) is 5.92. The second-order valence-corrected chi connectivity index (χ2v) is 9.50. The van der Waals surface area contributed by atoms with Gasteiger partial charge in [-0.3, -0.25) is 18.7 Å². The lowest BCUT2D eigenvalue weighted by Crippen LogP contribution is -2.35. The van der Waals surface area contributed by atoms with Crippen molar-refractivity contribution in [2.75, 3.05) is 6.54 Å². The van der Waals surface area contributed by atoms with E-state index in [1.165, 1.54) is 27.3 Å². The summed E-state index contributed by atoms with van der Waals surface area (Å²) >= 11 is 3.31. The van der Waals surface area contributed by atoms with Crippen molar-refractivity contribution in [1.82, 2.24) is 24.1 Å². The second kappa shape index (κ2) is 6.87. The molecule has 0 saturated carbocycles. The van der Waals surface area contributed by atoms with Gasteiger partial charge in [-0.1, -0.05) is 30.3 Å². The predicted molar refractivity (Wildman–Crippen MR) is 120 cm³/mol. The molecule has 6 rings (SSSR count). The molecule has 0 fully saturated rings. The maximum atomic E-state index is 12.6. The second-order valence-electron chi connectivity index (χ2n) is 7.58. The van der Waals surface area contributed by atoms with E-state index in [0.717, 1.165) is 29.0 Å². The fraction of sp³-hybridized carbons (Fsp3) is 0.227. The molecule has 4 aromatic heterocycles. The molecule has 0 saturated heterocycles. The van der Waals surface area contributed by atoms with Gasteiger partial charge in [0.15, 0.2) is 5.82 Å². The first-order valence-electron chi connectivity index (χ1n) is 9.88. The van der Waals surface area contributed by atoms with Crippen LogP contribution in [0.4, 0.5) is 0 Å². The molecule has 0 amide bonds. The molecule has 5 heterocycles. The van der Waals surface area contributed by atoms with Crippen molar-refractivity contribution in [3.8, 4) is 0 Å². The fourth-order valence-electron chi connectivity index (χ4n) is 4.50. The Hall–Kier alpha value is -2.81. The van der Waals surface area contributed by atoms with E-state index >= 15 is 0 Å². The Morgan fingerprint density at radius 2 is 1.90 bits per heavy atom. The lowest BCUT2D eigenvalue weighted by Gasteiger charge is -2.35. The highest BCUT2D eigenvalue weighted by molar-refractivity contribution is 7.17. The van der Waals surface area contributed by atoms with E-state index in [0.29, 0.717) is 12.3 Å². The summed E-state index contributed by atoms with van der Waals surface area (Å²) in [5.41, 5.74) is 3.55. The molecule has 1 unspecified atom stereocenters. The van der Waals surface area contributed by atoms with Crippen molar-refractivity contribution in [2.24, 2.45) is 7.05 Å². The first-order chi connectivity index (χ1) is 14.7. The minimum Gasteiger partial charge on any atom is -0.284 e. The SMILES string of the molecule is Cn1c(=O)c2sccc2n2c(CN3CCc4sccc4C3c3ccccc3)nnc12. The highest BCUT2D eigenvalue weighted by atomic mass is 32.1. The zero-order valence-corrected chi connectivity index (χ0v) is 18.0. The Kier molecular flexibility index (Phi) is 4.12. The maximum Gasteiger partial charge on any atom is 0.272 e. The number of hydrogen-bond donors (Lipinski definition) is 0. The minimum absolute atomic E-state index is 0.0190. The van der Waals surface area contributed by atoms with Crippen LogP contribution >= 0.6 is 22.7 Å². The van der Waals surface area contributed by atoms with Crippen molar-refractivity contribution in [3.63, 3.8) is 0 Å². The summed E-state index contributed by atoms with van der Waals surface area (Å²) in [6, 6.07) is 15.1. The molecule has 0 aliphatic carbocycles. The molecule has 150 valence electrons. The molecule has 1 aliphatic heterocycles. The van der Waals surface area contributed by atoms with Crippen LogP contribution in [0.5, 0.6) is 0 Å². The summed E-state index contributed by atoms with van der Waals surface area (Å²) in [6.45, 7) is 1.62. The van der Waals surface area contributed by atoms with Gasteiger partial charge in [0.05, 0.1) is 18.1 Å². The van der Waals surface area contributed by atoms with E-state index in [9.17, 15) is 4.79 Å².